The minimum absolute atomic E-state index is 0.0368. The maximum absolute atomic E-state index is 13.3. The van der Waals surface area contributed by atoms with Gasteiger partial charge in [-0.2, -0.15) is 0 Å². The molecule has 0 spiro atoms. The predicted molar refractivity (Wildman–Crippen MR) is 133 cm³/mol. The number of urea groups is 1. The Balaban J connectivity index is 1.49. The van der Waals surface area contributed by atoms with Gasteiger partial charge in [-0.15, -0.1) is 0 Å². The molecule has 35 heavy (non-hydrogen) atoms. The number of para-hydroxylation sites is 1. The number of amides is 4. The molecule has 1 aliphatic heterocycles. The Morgan fingerprint density at radius 3 is 2.26 bits per heavy atom. The summed E-state index contributed by atoms with van der Waals surface area (Å²) in [5.74, 6) is -0.661. The van der Waals surface area contributed by atoms with Crippen molar-refractivity contribution in [3.8, 4) is 5.75 Å². The van der Waals surface area contributed by atoms with E-state index in [1.807, 2.05) is 60.8 Å². The van der Waals surface area contributed by atoms with Crippen LogP contribution in [0.5, 0.6) is 5.75 Å². The van der Waals surface area contributed by atoms with Gasteiger partial charge >= 0.3 is 6.03 Å². The average Bonchev–Trinajstić information content (AvgIpc) is 3.22. The summed E-state index contributed by atoms with van der Waals surface area (Å²) >= 11 is 0. The number of nitrogens with zero attached hydrogens (tertiary/aromatic N) is 2. The van der Waals surface area contributed by atoms with E-state index in [1.54, 1.807) is 37.5 Å². The number of methoxy groups -OCH3 is 1. The molecule has 4 aromatic rings. The van der Waals surface area contributed by atoms with E-state index < -0.39 is 17.8 Å². The number of nitrogens with one attached hydrogen (secondary N) is 1. The van der Waals surface area contributed by atoms with Crippen LogP contribution in [0, 0.1) is 0 Å². The molecule has 0 bridgehead atoms. The third kappa shape index (κ3) is 4.44. The predicted octanol–water partition coefficient (Wildman–Crippen LogP) is 4.36. The fourth-order valence-electron chi connectivity index (χ4n) is 4.21. The first-order valence-electron chi connectivity index (χ1n) is 11.2. The average molecular weight is 466 g/mol. The molecule has 0 radical (unpaired) electrons. The van der Waals surface area contributed by atoms with E-state index in [4.69, 9.17) is 4.74 Å². The molecule has 174 valence electrons. The molecule has 7 heteroatoms. The molecule has 0 saturated carbocycles. The van der Waals surface area contributed by atoms with E-state index in [0.717, 1.165) is 32.5 Å². The van der Waals surface area contributed by atoms with Crippen LogP contribution in [0.15, 0.2) is 90.6 Å². The second-order valence-corrected chi connectivity index (χ2v) is 8.27. The van der Waals surface area contributed by atoms with E-state index >= 15 is 0 Å². The summed E-state index contributed by atoms with van der Waals surface area (Å²) in [5, 5.41) is 3.21. The van der Waals surface area contributed by atoms with Gasteiger partial charge in [-0.1, -0.05) is 60.7 Å². The van der Waals surface area contributed by atoms with Gasteiger partial charge < -0.3 is 9.30 Å². The van der Waals surface area contributed by atoms with Crippen LogP contribution in [0.4, 0.5) is 4.79 Å². The molecular weight excluding hydrogens is 442 g/mol. The van der Waals surface area contributed by atoms with Crippen LogP contribution in [0.25, 0.3) is 17.0 Å². The number of carbonyl (C=O) groups is 3. The second-order valence-electron chi connectivity index (χ2n) is 8.27. The van der Waals surface area contributed by atoms with Crippen LogP contribution in [0.2, 0.25) is 0 Å². The van der Waals surface area contributed by atoms with Crippen molar-refractivity contribution in [2.24, 2.45) is 0 Å². The smallest absolute Gasteiger partial charge is 0.331 e. The number of imide groups is 2. The lowest BCUT2D eigenvalue weighted by Crippen LogP contribution is -2.53. The molecule has 5 rings (SSSR count). The lowest BCUT2D eigenvalue weighted by molar-refractivity contribution is -0.130. The van der Waals surface area contributed by atoms with Crippen molar-refractivity contribution >= 4 is 34.8 Å². The van der Waals surface area contributed by atoms with Crippen molar-refractivity contribution in [3.63, 3.8) is 0 Å². The topological polar surface area (TPSA) is 80.6 Å². The molecule has 0 atom stereocenters. The van der Waals surface area contributed by atoms with Crippen LogP contribution < -0.4 is 10.1 Å². The molecule has 0 aliphatic carbocycles. The maximum atomic E-state index is 13.3. The Morgan fingerprint density at radius 1 is 0.829 bits per heavy atom. The first-order valence-corrected chi connectivity index (χ1v) is 11.2. The highest BCUT2D eigenvalue weighted by Crippen LogP contribution is 2.26. The summed E-state index contributed by atoms with van der Waals surface area (Å²) in [4.78, 5) is 39.4. The van der Waals surface area contributed by atoms with E-state index in [9.17, 15) is 14.4 Å². The number of hydrogen-bond donors (Lipinski definition) is 1. The zero-order valence-electron chi connectivity index (χ0n) is 19.1. The van der Waals surface area contributed by atoms with Gasteiger partial charge in [0.25, 0.3) is 11.8 Å². The highest BCUT2D eigenvalue weighted by atomic mass is 16.5. The SMILES string of the molecule is COc1ccc(CN2C(=O)NC(=O)C(=Cc3cn(Cc4ccccc4)c4ccccc34)C2=O)cc1. The lowest BCUT2D eigenvalue weighted by atomic mass is 10.1. The van der Waals surface area contributed by atoms with E-state index in [-0.39, 0.29) is 12.1 Å². The highest BCUT2D eigenvalue weighted by molar-refractivity contribution is 6.31. The van der Waals surface area contributed by atoms with Crippen molar-refractivity contribution < 1.29 is 19.1 Å². The zero-order chi connectivity index (χ0) is 24.4. The fraction of sp³-hybridized carbons (Fsp3) is 0.107. The van der Waals surface area contributed by atoms with Gasteiger partial charge in [0.1, 0.15) is 11.3 Å². The third-order valence-corrected chi connectivity index (χ3v) is 6.00. The van der Waals surface area contributed by atoms with Gasteiger partial charge in [-0.05, 0) is 35.4 Å². The monoisotopic (exact) mass is 465 g/mol. The van der Waals surface area contributed by atoms with Crippen LogP contribution >= 0.6 is 0 Å². The Bertz CT molecular complexity index is 1450. The Morgan fingerprint density at radius 2 is 1.51 bits per heavy atom. The Labute approximate surface area is 202 Å². The molecule has 1 aromatic heterocycles. The Kier molecular flexibility index (Phi) is 5.89. The number of aromatic nitrogens is 1. The number of carbonyl (C=O) groups excluding carboxylic acids is 3. The minimum atomic E-state index is -0.737. The van der Waals surface area contributed by atoms with Crippen LogP contribution in [-0.4, -0.2) is 34.4 Å². The molecule has 1 aliphatic rings. The number of barbiturate groups is 1. The third-order valence-electron chi connectivity index (χ3n) is 6.00. The van der Waals surface area contributed by atoms with Gasteiger partial charge in [0, 0.05) is 29.2 Å². The van der Waals surface area contributed by atoms with Crippen molar-refractivity contribution in [2.75, 3.05) is 7.11 Å². The molecule has 1 saturated heterocycles. The number of benzene rings is 3. The molecule has 1 fully saturated rings. The van der Waals surface area contributed by atoms with Crippen molar-refractivity contribution in [1.29, 1.82) is 0 Å². The molecule has 4 amide bonds. The normalized spacial score (nSPS) is 15.1. The Hall–Kier alpha value is -4.65. The largest absolute Gasteiger partial charge is 0.497 e. The van der Waals surface area contributed by atoms with Gasteiger partial charge in [-0.3, -0.25) is 19.8 Å². The van der Waals surface area contributed by atoms with E-state index in [1.165, 1.54) is 0 Å². The summed E-state index contributed by atoms with van der Waals surface area (Å²) in [6.45, 7) is 0.682. The summed E-state index contributed by atoms with van der Waals surface area (Å²) in [6.07, 6.45) is 3.49. The molecule has 1 N–H and O–H groups in total. The van der Waals surface area contributed by atoms with Crippen molar-refractivity contribution in [2.45, 2.75) is 13.1 Å². The fourth-order valence-corrected chi connectivity index (χ4v) is 4.21. The van der Waals surface area contributed by atoms with Gasteiger partial charge in [0.05, 0.1) is 13.7 Å². The van der Waals surface area contributed by atoms with E-state index in [0.29, 0.717) is 12.3 Å². The lowest BCUT2D eigenvalue weighted by Gasteiger charge is -2.26. The number of rotatable bonds is 6. The van der Waals surface area contributed by atoms with Gasteiger partial charge in [0.2, 0.25) is 0 Å². The van der Waals surface area contributed by atoms with Crippen LogP contribution in [0.3, 0.4) is 0 Å². The van der Waals surface area contributed by atoms with Gasteiger partial charge in [0.15, 0.2) is 0 Å². The van der Waals surface area contributed by atoms with Crippen LogP contribution in [-0.2, 0) is 22.7 Å². The first-order chi connectivity index (χ1) is 17.0. The summed E-state index contributed by atoms with van der Waals surface area (Å²) in [5.41, 5.74) is 3.50. The summed E-state index contributed by atoms with van der Waals surface area (Å²) in [6, 6.07) is 24.2. The number of ether oxygens (including phenoxy) is 1. The minimum Gasteiger partial charge on any atom is -0.497 e. The van der Waals surface area contributed by atoms with Crippen molar-refractivity contribution in [1.82, 2.24) is 14.8 Å². The molecule has 2 heterocycles. The molecular formula is C28H23N3O4. The standard InChI is InChI=1S/C28H23N3O4/c1-35-22-13-11-20(12-14-22)17-31-27(33)24(26(32)29-28(31)34)15-21-18-30(16-19-7-3-2-4-8-19)25-10-6-5-9-23(21)25/h2-15,18H,16-17H2,1H3,(H,29,32,34). The van der Waals surface area contributed by atoms with E-state index in [2.05, 4.69) is 9.88 Å². The van der Waals surface area contributed by atoms with Gasteiger partial charge in [-0.25, -0.2) is 4.79 Å². The highest BCUT2D eigenvalue weighted by Gasteiger charge is 2.35. The second kappa shape index (κ2) is 9.30. The number of fused-ring (bicyclic) bond motifs is 1. The van der Waals surface area contributed by atoms with Crippen molar-refractivity contribution in [3.05, 3.63) is 107 Å². The van der Waals surface area contributed by atoms with Crippen LogP contribution in [0.1, 0.15) is 16.7 Å². The summed E-state index contributed by atoms with van der Waals surface area (Å²) in [7, 11) is 1.57. The summed E-state index contributed by atoms with van der Waals surface area (Å²) < 4.78 is 7.24. The zero-order valence-corrected chi connectivity index (χ0v) is 19.1. The quantitative estimate of drug-likeness (QED) is 0.339. The molecule has 0 unspecified atom stereocenters. The molecule has 7 nitrogen and oxygen atoms in total. The molecule has 3 aromatic carbocycles. The first kappa shape index (κ1) is 22.2. The maximum Gasteiger partial charge on any atom is 0.331 e. The number of hydrogen-bond acceptors (Lipinski definition) is 4.